The van der Waals surface area contributed by atoms with Crippen molar-refractivity contribution in [2.45, 2.75) is 25.8 Å². The van der Waals surface area contributed by atoms with Crippen LogP contribution in [-0.2, 0) is 5.54 Å². The van der Waals surface area contributed by atoms with E-state index in [-0.39, 0.29) is 6.61 Å². The summed E-state index contributed by atoms with van der Waals surface area (Å²) in [6.45, 7) is 4.32. The second-order valence-corrected chi connectivity index (χ2v) is 6.66. The molecule has 3 rings (SSSR count). The Bertz CT molecular complexity index is 855. The first-order valence-corrected chi connectivity index (χ1v) is 8.98. The monoisotopic (exact) mass is 367 g/mol. The summed E-state index contributed by atoms with van der Waals surface area (Å²) in [5.74, 6) is 2.86. The minimum atomic E-state index is -0.895. The van der Waals surface area contributed by atoms with Gasteiger partial charge in [-0.15, -0.1) is 0 Å². The van der Waals surface area contributed by atoms with Gasteiger partial charge in [0, 0.05) is 11.8 Å². The first kappa shape index (κ1) is 18.9. The molecule has 0 fully saturated rings. The van der Waals surface area contributed by atoms with Gasteiger partial charge in [-0.05, 0) is 61.9 Å². The molecule has 4 N–H and O–H groups in total. The molecule has 1 heterocycles. The molecule has 0 saturated heterocycles. The van der Waals surface area contributed by atoms with Crippen molar-refractivity contribution >= 4 is 0 Å². The van der Waals surface area contributed by atoms with Gasteiger partial charge in [0.05, 0.1) is 24.4 Å². The largest absolute Gasteiger partial charge is 0.494 e. The maximum absolute atomic E-state index is 9.35. The minimum Gasteiger partial charge on any atom is -0.494 e. The van der Waals surface area contributed by atoms with Gasteiger partial charge in [-0.2, -0.15) is 0 Å². The molecule has 0 saturated carbocycles. The summed E-state index contributed by atoms with van der Waals surface area (Å²) in [5.41, 5.74) is 6.80. The second-order valence-electron chi connectivity index (χ2n) is 6.66. The second kappa shape index (κ2) is 8.24. The third-order valence-electron chi connectivity index (χ3n) is 4.13. The van der Waals surface area contributed by atoms with Gasteiger partial charge in [-0.25, -0.2) is 4.98 Å². The van der Waals surface area contributed by atoms with Gasteiger partial charge in [0.15, 0.2) is 0 Å². The maximum atomic E-state index is 9.35. The number of imidazole rings is 1. The van der Waals surface area contributed by atoms with Crippen molar-refractivity contribution in [2.24, 2.45) is 5.73 Å². The van der Waals surface area contributed by atoms with E-state index in [9.17, 15) is 5.11 Å². The number of nitrogens with zero attached hydrogens (tertiary/aromatic N) is 1. The Morgan fingerprint density at radius 3 is 2.22 bits per heavy atom. The van der Waals surface area contributed by atoms with E-state index in [2.05, 4.69) is 16.9 Å². The lowest BCUT2D eigenvalue weighted by Gasteiger charge is -2.18. The predicted octanol–water partition coefficient (Wildman–Crippen LogP) is 3.82. The smallest absolute Gasteiger partial charge is 0.129 e. The van der Waals surface area contributed by atoms with Crippen molar-refractivity contribution in [3.63, 3.8) is 0 Å². The van der Waals surface area contributed by atoms with Crippen LogP contribution in [0.3, 0.4) is 0 Å². The van der Waals surface area contributed by atoms with E-state index in [1.807, 2.05) is 48.5 Å². The zero-order chi connectivity index (χ0) is 19.3. The number of nitrogens with two attached hydrogens (primary N) is 1. The predicted molar refractivity (Wildman–Crippen MR) is 105 cm³/mol. The number of hydrogen-bond acceptors (Lipinski definition) is 5. The van der Waals surface area contributed by atoms with E-state index in [1.54, 1.807) is 13.1 Å². The van der Waals surface area contributed by atoms with Gasteiger partial charge < -0.3 is 25.3 Å². The number of aliphatic hydroxyl groups excluding tert-OH is 1. The van der Waals surface area contributed by atoms with Crippen molar-refractivity contribution in [2.75, 3.05) is 13.2 Å². The average molecular weight is 367 g/mol. The lowest BCUT2D eigenvalue weighted by Crippen LogP contribution is -2.38. The molecular weight excluding hydrogens is 342 g/mol. The van der Waals surface area contributed by atoms with Gasteiger partial charge in [-0.1, -0.05) is 6.92 Å². The fourth-order valence-electron chi connectivity index (χ4n) is 2.49. The number of H-pyrrole nitrogens is 1. The molecule has 6 nitrogen and oxygen atoms in total. The van der Waals surface area contributed by atoms with Crippen molar-refractivity contribution in [1.29, 1.82) is 0 Å². The fourth-order valence-corrected chi connectivity index (χ4v) is 2.49. The molecular formula is C21H25N3O3. The van der Waals surface area contributed by atoms with Crippen LogP contribution in [-0.4, -0.2) is 28.3 Å². The quantitative estimate of drug-likeness (QED) is 0.563. The van der Waals surface area contributed by atoms with E-state index in [0.717, 1.165) is 34.9 Å². The lowest BCUT2D eigenvalue weighted by atomic mass is 10.1. The summed E-state index contributed by atoms with van der Waals surface area (Å²) >= 11 is 0. The fraction of sp³-hybridized carbons (Fsp3) is 0.286. The summed E-state index contributed by atoms with van der Waals surface area (Å²) in [6.07, 6.45) is 2.76. The van der Waals surface area contributed by atoms with E-state index >= 15 is 0 Å². The van der Waals surface area contributed by atoms with Crippen LogP contribution in [0.1, 0.15) is 26.1 Å². The number of benzene rings is 2. The van der Waals surface area contributed by atoms with E-state index in [4.69, 9.17) is 15.2 Å². The molecule has 0 spiro atoms. The Morgan fingerprint density at radius 2 is 1.63 bits per heavy atom. The van der Waals surface area contributed by atoms with E-state index in [1.165, 1.54) is 0 Å². The molecule has 1 unspecified atom stereocenters. The molecule has 27 heavy (non-hydrogen) atoms. The number of aliphatic hydroxyl groups is 1. The third-order valence-corrected chi connectivity index (χ3v) is 4.13. The Morgan fingerprint density at radius 1 is 1.04 bits per heavy atom. The number of rotatable bonds is 8. The highest BCUT2D eigenvalue weighted by Gasteiger charge is 2.23. The number of aromatic amines is 1. The normalized spacial score (nSPS) is 13.2. The van der Waals surface area contributed by atoms with Crippen LogP contribution in [0, 0.1) is 0 Å². The standard InChI is InChI=1S/C21H25N3O3/c1-3-12-26-16-8-10-18(11-9-16)27-17-6-4-15(5-7-17)19-13-23-20(24-19)21(2,22)14-25/h4-11,13,25H,3,12,14,22H2,1-2H3,(H,23,24). The molecule has 0 aliphatic rings. The maximum Gasteiger partial charge on any atom is 0.129 e. The summed E-state index contributed by atoms with van der Waals surface area (Å²) < 4.78 is 11.4. The van der Waals surface area contributed by atoms with Crippen LogP contribution in [0.25, 0.3) is 11.3 Å². The lowest BCUT2D eigenvalue weighted by molar-refractivity contribution is 0.204. The molecule has 2 aromatic carbocycles. The van der Waals surface area contributed by atoms with Crippen molar-refractivity contribution in [3.8, 4) is 28.5 Å². The molecule has 1 aromatic heterocycles. The molecule has 0 radical (unpaired) electrons. The minimum absolute atomic E-state index is 0.186. The van der Waals surface area contributed by atoms with Crippen molar-refractivity contribution in [3.05, 3.63) is 60.6 Å². The zero-order valence-corrected chi connectivity index (χ0v) is 15.6. The van der Waals surface area contributed by atoms with Crippen LogP contribution < -0.4 is 15.2 Å². The summed E-state index contributed by atoms with van der Waals surface area (Å²) in [5, 5.41) is 9.35. The van der Waals surface area contributed by atoms with Crippen LogP contribution >= 0.6 is 0 Å². The number of ether oxygens (including phenoxy) is 2. The highest BCUT2D eigenvalue weighted by molar-refractivity contribution is 5.60. The van der Waals surface area contributed by atoms with Gasteiger partial charge in [0.1, 0.15) is 23.1 Å². The first-order chi connectivity index (χ1) is 13.0. The zero-order valence-electron chi connectivity index (χ0n) is 15.6. The van der Waals surface area contributed by atoms with Crippen LogP contribution in [0.2, 0.25) is 0 Å². The molecule has 0 amide bonds. The summed E-state index contributed by atoms with van der Waals surface area (Å²) in [4.78, 5) is 7.51. The van der Waals surface area contributed by atoms with Crippen LogP contribution in [0.5, 0.6) is 17.2 Å². The molecule has 6 heteroatoms. The van der Waals surface area contributed by atoms with Crippen molar-refractivity contribution < 1.29 is 14.6 Å². The number of nitrogens with one attached hydrogen (secondary N) is 1. The Balaban J connectivity index is 1.67. The van der Waals surface area contributed by atoms with Crippen LogP contribution in [0.15, 0.2) is 54.7 Å². The van der Waals surface area contributed by atoms with E-state index in [0.29, 0.717) is 12.4 Å². The molecule has 142 valence electrons. The molecule has 0 bridgehead atoms. The third kappa shape index (κ3) is 4.67. The van der Waals surface area contributed by atoms with E-state index < -0.39 is 5.54 Å². The Kier molecular flexibility index (Phi) is 5.78. The molecule has 0 aliphatic heterocycles. The average Bonchev–Trinajstić information content (AvgIpc) is 3.19. The molecule has 1 atom stereocenters. The topological polar surface area (TPSA) is 93.4 Å². The number of aromatic nitrogens is 2. The Hall–Kier alpha value is -2.83. The Labute approximate surface area is 159 Å². The van der Waals surface area contributed by atoms with Crippen LogP contribution in [0.4, 0.5) is 0 Å². The van der Waals surface area contributed by atoms with Gasteiger partial charge in [0.2, 0.25) is 0 Å². The first-order valence-electron chi connectivity index (χ1n) is 8.98. The van der Waals surface area contributed by atoms with Gasteiger partial charge >= 0.3 is 0 Å². The number of hydrogen-bond donors (Lipinski definition) is 3. The van der Waals surface area contributed by atoms with Gasteiger partial charge in [0.25, 0.3) is 0 Å². The molecule has 3 aromatic rings. The highest BCUT2D eigenvalue weighted by Crippen LogP contribution is 2.27. The SMILES string of the molecule is CCCOc1ccc(Oc2ccc(-c3c[nH]c(C(C)(N)CO)n3)cc2)cc1. The summed E-state index contributed by atoms with van der Waals surface area (Å²) in [6, 6.07) is 15.2. The van der Waals surface area contributed by atoms with Crippen molar-refractivity contribution in [1.82, 2.24) is 9.97 Å². The van der Waals surface area contributed by atoms with Gasteiger partial charge in [-0.3, -0.25) is 0 Å². The summed E-state index contributed by atoms with van der Waals surface area (Å²) in [7, 11) is 0. The molecule has 0 aliphatic carbocycles. The highest BCUT2D eigenvalue weighted by atomic mass is 16.5.